The largest absolute Gasteiger partial charge is 0.485 e. The quantitative estimate of drug-likeness (QED) is 0.703. The second kappa shape index (κ2) is 7.03. The maximum absolute atomic E-state index is 12.8. The fraction of sp³-hybridized carbons (Fsp3) is 0.273. The molecule has 142 valence electrons. The van der Waals surface area contributed by atoms with Gasteiger partial charge in [-0.1, -0.05) is 30.3 Å². The number of carbonyl (C=O) groups excluding carboxylic acids is 1. The zero-order chi connectivity index (χ0) is 18.9. The normalized spacial score (nSPS) is 20.9. The topological polar surface area (TPSA) is 60.9 Å². The molecule has 0 bridgehead atoms. The number of hydrogen-bond donors (Lipinski definition) is 0. The van der Waals surface area contributed by atoms with E-state index in [1.807, 2.05) is 60.7 Å². The van der Waals surface area contributed by atoms with Crippen molar-refractivity contribution in [3.8, 4) is 17.4 Å². The SMILES string of the molecule is O=C(C1COc2ccccc2O1)N1CCC(Oc2ccc3ccccc3n2)C1. The fourth-order valence-corrected chi connectivity index (χ4v) is 3.65. The molecule has 1 amide bonds. The molecule has 2 aromatic carbocycles. The summed E-state index contributed by atoms with van der Waals surface area (Å²) in [6.45, 7) is 1.39. The van der Waals surface area contributed by atoms with E-state index in [1.54, 1.807) is 4.90 Å². The monoisotopic (exact) mass is 376 g/mol. The Morgan fingerprint density at radius 1 is 1.04 bits per heavy atom. The molecule has 1 fully saturated rings. The molecule has 0 spiro atoms. The summed E-state index contributed by atoms with van der Waals surface area (Å²) in [7, 11) is 0. The molecule has 2 aliphatic heterocycles. The molecule has 0 N–H and O–H groups in total. The van der Waals surface area contributed by atoms with Crippen LogP contribution in [0.15, 0.2) is 60.7 Å². The van der Waals surface area contributed by atoms with Crippen molar-refractivity contribution in [1.29, 1.82) is 0 Å². The molecule has 6 heteroatoms. The van der Waals surface area contributed by atoms with Crippen LogP contribution in [0.25, 0.3) is 10.9 Å². The van der Waals surface area contributed by atoms with Gasteiger partial charge in [0.25, 0.3) is 5.91 Å². The second-order valence-electron chi connectivity index (χ2n) is 7.02. The van der Waals surface area contributed by atoms with Crippen LogP contribution < -0.4 is 14.2 Å². The minimum Gasteiger partial charge on any atom is -0.485 e. The second-order valence-corrected chi connectivity index (χ2v) is 7.02. The van der Waals surface area contributed by atoms with Gasteiger partial charge in [-0.25, -0.2) is 4.98 Å². The number of rotatable bonds is 3. The molecular formula is C22H20N2O4. The molecule has 3 aromatic rings. The predicted molar refractivity (Wildman–Crippen MR) is 104 cm³/mol. The number of amides is 1. The Morgan fingerprint density at radius 2 is 1.86 bits per heavy atom. The van der Waals surface area contributed by atoms with E-state index in [4.69, 9.17) is 14.2 Å². The summed E-state index contributed by atoms with van der Waals surface area (Å²) in [5.74, 6) is 1.81. The lowest BCUT2D eigenvalue weighted by Gasteiger charge is -2.28. The molecule has 2 unspecified atom stereocenters. The van der Waals surface area contributed by atoms with Crippen LogP contribution in [0, 0.1) is 0 Å². The number of pyridine rings is 1. The van der Waals surface area contributed by atoms with Gasteiger partial charge >= 0.3 is 0 Å². The average molecular weight is 376 g/mol. The first-order valence-corrected chi connectivity index (χ1v) is 9.46. The molecule has 5 rings (SSSR count). The lowest BCUT2D eigenvalue weighted by Crippen LogP contribution is -2.46. The molecule has 0 aliphatic carbocycles. The number of nitrogens with zero attached hydrogens (tertiary/aromatic N) is 2. The van der Waals surface area contributed by atoms with E-state index < -0.39 is 6.10 Å². The van der Waals surface area contributed by atoms with Crippen molar-refractivity contribution in [2.75, 3.05) is 19.7 Å². The maximum atomic E-state index is 12.8. The Morgan fingerprint density at radius 3 is 2.79 bits per heavy atom. The average Bonchev–Trinajstić information content (AvgIpc) is 3.21. The number of hydrogen-bond acceptors (Lipinski definition) is 5. The summed E-state index contributed by atoms with van der Waals surface area (Å²) < 4.78 is 17.5. The molecule has 0 radical (unpaired) electrons. The third-order valence-corrected chi connectivity index (χ3v) is 5.10. The van der Waals surface area contributed by atoms with E-state index in [2.05, 4.69) is 4.98 Å². The highest BCUT2D eigenvalue weighted by Gasteiger charge is 2.35. The van der Waals surface area contributed by atoms with Gasteiger partial charge in [0.05, 0.1) is 12.1 Å². The van der Waals surface area contributed by atoms with Crippen molar-refractivity contribution < 1.29 is 19.0 Å². The highest BCUT2D eigenvalue weighted by Crippen LogP contribution is 2.31. The van der Waals surface area contributed by atoms with Crippen molar-refractivity contribution >= 4 is 16.8 Å². The smallest absolute Gasteiger partial charge is 0.267 e. The van der Waals surface area contributed by atoms with Gasteiger partial charge in [-0.05, 0) is 24.3 Å². The van der Waals surface area contributed by atoms with Crippen LogP contribution in [0.4, 0.5) is 0 Å². The Bertz CT molecular complexity index is 1020. The lowest BCUT2D eigenvalue weighted by molar-refractivity contribution is -0.140. The Hall–Kier alpha value is -3.28. The van der Waals surface area contributed by atoms with E-state index in [-0.39, 0.29) is 18.6 Å². The molecule has 1 saturated heterocycles. The van der Waals surface area contributed by atoms with Gasteiger partial charge in [-0.15, -0.1) is 0 Å². The van der Waals surface area contributed by atoms with Gasteiger partial charge < -0.3 is 19.1 Å². The Kier molecular flexibility index (Phi) is 4.24. The van der Waals surface area contributed by atoms with Crippen LogP contribution in [-0.4, -0.2) is 47.7 Å². The van der Waals surface area contributed by atoms with Gasteiger partial charge in [0.15, 0.2) is 11.5 Å². The maximum Gasteiger partial charge on any atom is 0.267 e. The number of ether oxygens (including phenoxy) is 3. The van der Waals surface area contributed by atoms with E-state index in [1.165, 1.54) is 0 Å². The number of benzene rings is 2. The van der Waals surface area contributed by atoms with Crippen LogP contribution in [0.2, 0.25) is 0 Å². The third-order valence-electron chi connectivity index (χ3n) is 5.10. The van der Waals surface area contributed by atoms with Gasteiger partial charge in [0, 0.05) is 24.4 Å². The summed E-state index contributed by atoms with van der Waals surface area (Å²) in [6, 6.07) is 19.2. The zero-order valence-electron chi connectivity index (χ0n) is 15.3. The molecule has 2 atom stereocenters. The molecule has 6 nitrogen and oxygen atoms in total. The van der Waals surface area contributed by atoms with E-state index >= 15 is 0 Å². The molecule has 3 heterocycles. The van der Waals surface area contributed by atoms with Crippen LogP contribution in [0.3, 0.4) is 0 Å². The fourth-order valence-electron chi connectivity index (χ4n) is 3.65. The van der Waals surface area contributed by atoms with Gasteiger partial charge in [-0.2, -0.15) is 0 Å². The standard InChI is InChI=1S/C22H20N2O4/c25-22(20-14-26-18-7-3-4-8-19(18)28-20)24-12-11-16(13-24)27-21-10-9-15-5-1-2-6-17(15)23-21/h1-10,16,20H,11-14H2. The summed E-state index contributed by atoms with van der Waals surface area (Å²) in [6.07, 6.45) is 0.0755. The number of fused-ring (bicyclic) bond motifs is 2. The summed E-state index contributed by atoms with van der Waals surface area (Å²) in [4.78, 5) is 19.2. The van der Waals surface area contributed by atoms with Crippen molar-refractivity contribution in [3.63, 3.8) is 0 Å². The highest BCUT2D eigenvalue weighted by molar-refractivity contribution is 5.82. The van der Waals surface area contributed by atoms with Gasteiger partial charge in [0.2, 0.25) is 12.0 Å². The number of likely N-dealkylation sites (tertiary alicyclic amines) is 1. The molecule has 28 heavy (non-hydrogen) atoms. The van der Waals surface area contributed by atoms with Crippen molar-refractivity contribution in [1.82, 2.24) is 9.88 Å². The molecule has 2 aliphatic rings. The third kappa shape index (κ3) is 3.22. The van der Waals surface area contributed by atoms with Gasteiger partial charge in [0.1, 0.15) is 12.7 Å². The minimum absolute atomic E-state index is 0.0629. The van der Waals surface area contributed by atoms with E-state index in [0.717, 1.165) is 17.3 Å². The van der Waals surface area contributed by atoms with Crippen molar-refractivity contribution in [2.24, 2.45) is 0 Å². The van der Waals surface area contributed by atoms with Crippen LogP contribution in [0.1, 0.15) is 6.42 Å². The number of aromatic nitrogens is 1. The highest BCUT2D eigenvalue weighted by atomic mass is 16.6. The first-order valence-electron chi connectivity index (χ1n) is 9.46. The zero-order valence-corrected chi connectivity index (χ0v) is 15.3. The Labute approximate surface area is 162 Å². The van der Waals surface area contributed by atoms with Crippen LogP contribution >= 0.6 is 0 Å². The predicted octanol–water partition coefficient (Wildman–Crippen LogP) is 3.05. The first kappa shape index (κ1) is 16.9. The summed E-state index contributed by atoms with van der Waals surface area (Å²) in [5, 5.41) is 1.08. The van der Waals surface area contributed by atoms with E-state index in [9.17, 15) is 4.79 Å². The molecule has 0 saturated carbocycles. The summed E-state index contributed by atoms with van der Waals surface area (Å²) >= 11 is 0. The number of carbonyl (C=O) groups is 1. The molecule has 1 aromatic heterocycles. The van der Waals surface area contributed by atoms with Crippen LogP contribution in [-0.2, 0) is 4.79 Å². The lowest BCUT2D eigenvalue weighted by atomic mass is 10.2. The summed E-state index contributed by atoms with van der Waals surface area (Å²) in [5.41, 5.74) is 0.900. The van der Waals surface area contributed by atoms with Crippen LogP contribution in [0.5, 0.6) is 17.4 Å². The first-order chi connectivity index (χ1) is 13.8. The Balaban J connectivity index is 1.22. The number of para-hydroxylation sites is 3. The van der Waals surface area contributed by atoms with Crippen molar-refractivity contribution in [3.05, 3.63) is 60.7 Å². The van der Waals surface area contributed by atoms with Crippen molar-refractivity contribution in [2.45, 2.75) is 18.6 Å². The van der Waals surface area contributed by atoms with E-state index in [0.29, 0.717) is 30.5 Å². The molecular weight excluding hydrogens is 356 g/mol. The minimum atomic E-state index is -0.618. The van der Waals surface area contributed by atoms with Gasteiger partial charge in [-0.3, -0.25) is 4.79 Å².